The first-order valence-electron chi connectivity index (χ1n) is 11.5. The number of nitrogens with zero attached hydrogens (tertiary/aromatic N) is 6. The Morgan fingerprint density at radius 1 is 0.842 bits per heavy atom. The first-order valence-corrected chi connectivity index (χ1v) is 11.5. The fourth-order valence-electron chi connectivity index (χ4n) is 3.79. The molecule has 16 heteroatoms. The average Bonchev–Trinajstić information content (AvgIpc) is 3.39. The summed E-state index contributed by atoms with van der Waals surface area (Å²) in [6, 6.07) is 6.25. The molecule has 0 atom stereocenters. The van der Waals surface area contributed by atoms with Gasteiger partial charge in [0.25, 0.3) is 0 Å². The predicted molar refractivity (Wildman–Crippen MR) is 120 cm³/mol. The molecule has 212 valence electrons. The molecule has 0 saturated carbocycles. The lowest BCUT2D eigenvalue weighted by molar-refractivity contribution is -0.193. The quantitative estimate of drug-likeness (QED) is 0.548. The Morgan fingerprint density at radius 3 is 1.92 bits per heavy atom. The van der Waals surface area contributed by atoms with Crippen LogP contribution in [0.15, 0.2) is 18.2 Å². The molecule has 4 heterocycles. The van der Waals surface area contributed by atoms with Gasteiger partial charge in [-0.25, -0.2) is 9.59 Å². The van der Waals surface area contributed by atoms with Gasteiger partial charge in [0, 0.05) is 25.3 Å². The molecule has 1 saturated heterocycles. The number of carboxylic acid groups (broad SMARTS) is 2. The van der Waals surface area contributed by atoms with Gasteiger partial charge in [0.05, 0.1) is 18.8 Å². The van der Waals surface area contributed by atoms with Gasteiger partial charge >= 0.3 is 24.3 Å². The molecule has 2 aliphatic rings. The number of aromatic nitrogens is 4. The zero-order valence-corrected chi connectivity index (χ0v) is 20.5. The third-order valence-corrected chi connectivity index (χ3v) is 5.51. The molecule has 0 bridgehead atoms. The van der Waals surface area contributed by atoms with E-state index in [1.165, 1.54) is 25.9 Å². The van der Waals surface area contributed by atoms with Gasteiger partial charge in [-0.1, -0.05) is 6.07 Å². The molecule has 2 N–H and O–H groups in total. The Hall–Kier alpha value is -3.27. The SMILES string of the molecule is Cc1cccc(CN2CCCn3c(CN4CCCC4)nnc3C2)n1.O=C(O)C(F)(F)F.O=C(O)C(F)(F)F. The van der Waals surface area contributed by atoms with E-state index in [0.717, 1.165) is 62.2 Å². The number of carboxylic acids is 2. The van der Waals surface area contributed by atoms with Crippen LogP contribution >= 0.6 is 0 Å². The summed E-state index contributed by atoms with van der Waals surface area (Å²) in [4.78, 5) is 27.4. The van der Waals surface area contributed by atoms with E-state index < -0.39 is 24.3 Å². The highest BCUT2D eigenvalue weighted by Crippen LogP contribution is 2.18. The number of hydrogen-bond donors (Lipinski definition) is 2. The molecule has 2 aromatic rings. The summed E-state index contributed by atoms with van der Waals surface area (Å²) in [6.45, 7) is 9.27. The third-order valence-electron chi connectivity index (χ3n) is 5.51. The number of pyridine rings is 1. The molecular formula is C22H28F6N6O4. The van der Waals surface area contributed by atoms with Crippen LogP contribution in [0.4, 0.5) is 26.3 Å². The topological polar surface area (TPSA) is 125 Å². The Balaban J connectivity index is 0.000000301. The lowest BCUT2D eigenvalue weighted by Gasteiger charge is -2.18. The van der Waals surface area contributed by atoms with Gasteiger partial charge in [0.15, 0.2) is 0 Å². The van der Waals surface area contributed by atoms with Crippen molar-refractivity contribution in [1.82, 2.24) is 29.5 Å². The second-order valence-electron chi connectivity index (χ2n) is 8.61. The Bertz CT molecular complexity index is 1050. The van der Waals surface area contributed by atoms with Crippen LogP contribution in [0.5, 0.6) is 0 Å². The average molecular weight is 554 g/mol. The lowest BCUT2D eigenvalue weighted by Crippen LogP contribution is -2.23. The van der Waals surface area contributed by atoms with Crippen LogP contribution < -0.4 is 0 Å². The van der Waals surface area contributed by atoms with Crippen LogP contribution in [0.1, 0.15) is 42.3 Å². The minimum absolute atomic E-state index is 0.864. The van der Waals surface area contributed by atoms with Crippen LogP contribution in [-0.2, 0) is 35.8 Å². The maximum absolute atomic E-state index is 10.6. The van der Waals surface area contributed by atoms with Crippen LogP contribution in [0, 0.1) is 6.92 Å². The van der Waals surface area contributed by atoms with Crippen LogP contribution in [-0.4, -0.2) is 83.7 Å². The van der Waals surface area contributed by atoms with Crippen molar-refractivity contribution >= 4 is 11.9 Å². The molecule has 0 radical (unpaired) electrons. The van der Waals surface area contributed by atoms with Crippen LogP contribution in [0.25, 0.3) is 0 Å². The molecular weight excluding hydrogens is 526 g/mol. The van der Waals surface area contributed by atoms with Gasteiger partial charge in [-0.05, 0) is 51.4 Å². The monoisotopic (exact) mass is 554 g/mol. The molecule has 0 aromatic carbocycles. The van der Waals surface area contributed by atoms with Crippen molar-refractivity contribution in [2.45, 2.75) is 64.7 Å². The van der Waals surface area contributed by atoms with Crippen LogP contribution in [0.3, 0.4) is 0 Å². The van der Waals surface area contributed by atoms with Crippen molar-refractivity contribution in [1.29, 1.82) is 0 Å². The summed E-state index contributed by atoms with van der Waals surface area (Å²) in [5.74, 6) is -3.27. The minimum Gasteiger partial charge on any atom is -0.475 e. The van der Waals surface area contributed by atoms with E-state index in [2.05, 4.69) is 41.7 Å². The molecule has 38 heavy (non-hydrogen) atoms. The summed E-state index contributed by atoms with van der Waals surface area (Å²) in [5, 5.41) is 23.2. The summed E-state index contributed by atoms with van der Waals surface area (Å²) < 4.78 is 65.8. The molecule has 0 amide bonds. The smallest absolute Gasteiger partial charge is 0.475 e. The van der Waals surface area contributed by atoms with Crippen molar-refractivity contribution in [3.05, 3.63) is 41.2 Å². The van der Waals surface area contributed by atoms with Gasteiger partial charge in [0.2, 0.25) is 0 Å². The number of aliphatic carboxylic acids is 2. The number of fused-ring (bicyclic) bond motifs is 1. The second-order valence-corrected chi connectivity index (χ2v) is 8.61. The van der Waals surface area contributed by atoms with E-state index in [4.69, 9.17) is 19.8 Å². The Kier molecular flexibility index (Phi) is 11.0. The number of aryl methyl sites for hydroxylation is 1. The number of hydrogen-bond acceptors (Lipinski definition) is 7. The summed E-state index contributed by atoms with van der Waals surface area (Å²) in [7, 11) is 0. The zero-order chi connectivity index (χ0) is 28.5. The van der Waals surface area contributed by atoms with E-state index in [9.17, 15) is 26.3 Å². The van der Waals surface area contributed by atoms with Crippen molar-refractivity contribution in [3.63, 3.8) is 0 Å². The number of carbonyl (C=O) groups is 2. The molecule has 2 aliphatic heterocycles. The van der Waals surface area contributed by atoms with E-state index in [-0.39, 0.29) is 0 Å². The standard InChI is InChI=1S/C18H26N6.2C2HF3O2/c1-15-6-4-7-16(19-15)12-23-10-5-11-24-17(20-21-18(24)14-23)13-22-8-2-3-9-22;2*3-2(4,5)1(6)7/h4,6-7H,2-3,5,8-14H2,1H3;2*(H,6,7). The van der Waals surface area contributed by atoms with Crippen molar-refractivity contribution in [2.75, 3.05) is 19.6 Å². The zero-order valence-electron chi connectivity index (χ0n) is 20.5. The number of alkyl halides is 6. The van der Waals surface area contributed by atoms with Gasteiger partial charge < -0.3 is 14.8 Å². The number of halogens is 6. The first kappa shape index (κ1) is 31.0. The van der Waals surface area contributed by atoms with Gasteiger partial charge in [-0.2, -0.15) is 26.3 Å². The van der Waals surface area contributed by atoms with Gasteiger partial charge in [0.1, 0.15) is 11.6 Å². The first-order chi connectivity index (χ1) is 17.7. The van der Waals surface area contributed by atoms with Gasteiger partial charge in [-0.15, -0.1) is 10.2 Å². The third kappa shape index (κ3) is 10.2. The van der Waals surface area contributed by atoms with E-state index in [1.807, 2.05) is 13.0 Å². The summed E-state index contributed by atoms with van der Waals surface area (Å²) in [5.41, 5.74) is 2.22. The van der Waals surface area contributed by atoms with E-state index in [0.29, 0.717) is 0 Å². The lowest BCUT2D eigenvalue weighted by atomic mass is 10.3. The normalized spacial score (nSPS) is 16.4. The fourth-order valence-corrected chi connectivity index (χ4v) is 3.79. The molecule has 0 unspecified atom stereocenters. The maximum atomic E-state index is 10.6. The molecule has 10 nitrogen and oxygen atoms in total. The Labute approximate surface area is 213 Å². The molecule has 0 spiro atoms. The Morgan fingerprint density at radius 2 is 1.39 bits per heavy atom. The summed E-state index contributed by atoms with van der Waals surface area (Å²) in [6.07, 6.45) is -6.39. The molecule has 2 aromatic heterocycles. The van der Waals surface area contributed by atoms with Crippen LogP contribution in [0.2, 0.25) is 0 Å². The largest absolute Gasteiger partial charge is 0.490 e. The van der Waals surface area contributed by atoms with Crippen molar-refractivity contribution in [2.24, 2.45) is 0 Å². The number of rotatable bonds is 4. The van der Waals surface area contributed by atoms with Crippen molar-refractivity contribution < 1.29 is 46.1 Å². The highest BCUT2D eigenvalue weighted by Gasteiger charge is 2.38. The molecule has 1 fully saturated rings. The highest BCUT2D eigenvalue weighted by atomic mass is 19.4. The molecule has 4 rings (SSSR count). The second kappa shape index (κ2) is 13.5. The minimum atomic E-state index is -5.08. The molecule has 0 aliphatic carbocycles. The number of likely N-dealkylation sites (tertiary alicyclic amines) is 1. The van der Waals surface area contributed by atoms with Crippen molar-refractivity contribution in [3.8, 4) is 0 Å². The summed E-state index contributed by atoms with van der Waals surface area (Å²) >= 11 is 0. The fraction of sp³-hybridized carbons (Fsp3) is 0.591. The highest BCUT2D eigenvalue weighted by molar-refractivity contribution is 5.73. The predicted octanol–water partition coefficient (Wildman–Crippen LogP) is 3.25. The van der Waals surface area contributed by atoms with E-state index >= 15 is 0 Å². The maximum Gasteiger partial charge on any atom is 0.490 e. The van der Waals surface area contributed by atoms with Gasteiger partial charge in [-0.3, -0.25) is 14.8 Å². The van der Waals surface area contributed by atoms with E-state index in [1.54, 1.807) is 0 Å².